The maximum absolute atomic E-state index is 13.5. The molecule has 1 fully saturated rings. The molecule has 5 nitrogen and oxygen atoms in total. The van der Waals surface area contributed by atoms with Crippen molar-refractivity contribution in [1.82, 2.24) is 4.98 Å². The summed E-state index contributed by atoms with van der Waals surface area (Å²) in [5.74, 6) is -0.516. The van der Waals surface area contributed by atoms with Crippen LogP contribution in [0.3, 0.4) is 0 Å². The molecule has 2 aliphatic rings. The summed E-state index contributed by atoms with van der Waals surface area (Å²) >= 11 is 0. The maximum Gasteiger partial charge on any atom is 0.276 e. The van der Waals surface area contributed by atoms with Crippen molar-refractivity contribution in [1.29, 1.82) is 0 Å². The highest BCUT2D eigenvalue weighted by molar-refractivity contribution is 6.06. The molecule has 24 heavy (non-hydrogen) atoms. The monoisotopic (exact) mass is 327 g/mol. The van der Waals surface area contributed by atoms with Crippen molar-refractivity contribution in [2.45, 2.75) is 6.42 Å². The second-order valence-electron chi connectivity index (χ2n) is 5.98. The number of pyridine rings is 1. The van der Waals surface area contributed by atoms with Crippen LogP contribution in [0.25, 0.3) is 0 Å². The van der Waals surface area contributed by atoms with Gasteiger partial charge in [0.25, 0.3) is 5.91 Å². The van der Waals surface area contributed by atoms with E-state index in [1.54, 1.807) is 17.2 Å². The van der Waals surface area contributed by atoms with Crippen LogP contribution in [0.4, 0.5) is 15.8 Å². The Kier molecular flexibility index (Phi) is 3.90. The van der Waals surface area contributed by atoms with E-state index in [9.17, 15) is 9.18 Å². The molecule has 1 amide bonds. The lowest BCUT2D eigenvalue weighted by Crippen LogP contribution is -2.36. The van der Waals surface area contributed by atoms with E-state index in [0.29, 0.717) is 31.1 Å². The molecule has 2 aliphatic heterocycles. The number of halogens is 1. The molecule has 0 spiro atoms. The van der Waals surface area contributed by atoms with Crippen LogP contribution in [0.5, 0.6) is 0 Å². The number of fused-ring (bicyclic) bond motifs is 1. The van der Waals surface area contributed by atoms with Crippen LogP contribution in [0.2, 0.25) is 0 Å². The number of anilines is 2. The lowest BCUT2D eigenvalue weighted by molar-refractivity contribution is 0.0984. The van der Waals surface area contributed by atoms with Gasteiger partial charge in [0.2, 0.25) is 0 Å². The molecule has 4 rings (SSSR count). The zero-order valence-corrected chi connectivity index (χ0v) is 13.2. The number of amides is 1. The van der Waals surface area contributed by atoms with Gasteiger partial charge in [0.05, 0.1) is 18.9 Å². The van der Waals surface area contributed by atoms with Gasteiger partial charge >= 0.3 is 0 Å². The number of hydrogen-bond donors (Lipinski definition) is 0. The van der Waals surface area contributed by atoms with Crippen LogP contribution in [0.1, 0.15) is 16.1 Å². The molecule has 0 aliphatic carbocycles. The maximum atomic E-state index is 13.5. The lowest BCUT2D eigenvalue weighted by Gasteiger charge is -2.29. The van der Waals surface area contributed by atoms with Crippen LogP contribution in [-0.2, 0) is 11.2 Å². The van der Waals surface area contributed by atoms with Crippen LogP contribution in [0, 0.1) is 5.82 Å². The minimum atomic E-state index is -0.330. The van der Waals surface area contributed by atoms with Crippen molar-refractivity contribution in [2.75, 3.05) is 42.6 Å². The van der Waals surface area contributed by atoms with Gasteiger partial charge in [-0.2, -0.15) is 0 Å². The molecular weight excluding hydrogens is 309 g/mol. The number of carbonyl (C=O) groups is 1. The van der Waals surface area contributed by atoms with Crippen LogP contribution >= 0.6 is 0 Å². The summed E-state index contributed by atoms with van der Waals surface area (Å²) in [6.07, 6.45) is 2.39. The van der Waals surface area contributed by atoms with Gasteiger partial charge in [-0.3, -0.25) is 9.78 Å². The Labute approximate surface area is 139 Å². The molecule has 0 saturated carbocycles. The van der Waals surface area contributed by atoms with Crippen molar-refractivity contribution in [2.24, 2.45) is 0 Å². The van der Waals surface area contributed by atoms with Gasteiger partial charge in [-0.15, -0.1) is 0 Å². The topological polar surface area (TPSA) is 45.7 Å². The standard InChI is InChI=1S/C18H18FN3O2/c19-14-2-1-13-4-6-22(17(13)11-14)18(23)16-12-15(3-5-20-16)21-7-9-24-10-8-21/h1-3,5,11-12H,4,6-10H2. The van der Waals surface area contributed by atoms with Gasteiger partial charge in [-0.05, 0) is 36.2 Å². The smallest absolute Gasteiger partial charge is 0.276 e. The summed E-state index contributed by atoms with van der Waals surface area (Å²) in [5, 5.41) is 0. The Morgan fingerprint density at radius 2 is 1.96 bits per heavy atom. The largest absolute Gasteiger partial charge is 0.378 e. The summed E-state index contributed by atoms with van der Waals surface area (Å²) in [6, 6.07) is 8.32. The van der Waals surface area contributed by atoms with Crippen molar-refractivity contribution >= 4 is 17.3 Å². The first-order valence-electron chi connectivity index (χ1n) is 8.11. The van der Waals surface area contributed by atoms with Gasteiger partial charge in [0.1, 0.15) is 11.5 Å². The number of rotatable bonds is 2. The molecule has 2 aromatic rings. The highest BCUT2D eigenvalue weighted by Crippen LogP contribution is 2.30. The second-order valence-corrected chi connectivity index (χ2v) is 5.98. The van der Waals surface area contributed by atoms with E-state index in [-0.39, 0.29) is 11.7 Å². The molecule has 0 atom stereocenters. The van der Waals surface area contributed by atoms with Gasteiger partial charge in [0.15, 0.2) is 0 Å². The fraction of sp³-hybridized carbons (Fsp3) is 0.333. The predicted molar refractivity (Wildman–Crippen MR) is 89.0 cm³/mol. The third-order valence-electron chi connectivity index (χ3n) is 4.53. The average Bonchev–Trinajstić information content (AvgIpc) is 3.05. The second kappa shape index (κ2) is 6.20. The zero-order chi connectivity index (χ0) is 16.5. The predicted octanol–water partition coefficient (Wildman–Crippen LogP) is 2.26. The highest BCUT2D eigenvalue weighted by Gasteiger charge is 2.27. The van der Waals surface area contributed by atoms with E-state index in [1.807, 2.05) is 12.1 Å². The molecule has 124 valence electrons. The molecule has 0 N–H and O–H groups in total. The molecule has 1 aromatic carbocycles. The molecule has 0 unspecified atom stereocenters. The fourth-order valence-electron chi connectivity index (χ4n) is 3.26. The first kappa shape index (κ1) is 15.1. The van der Waals surface area contributed by atoms with Gasteiger partial charge < -0.3 is 14.5 Å². The van der Waals surface area contributed by atoms with Gasteiger partial charge in [-0.25, -0.2) is 4.39 Å². The quantitative estimate of drug-likeness (QED) is 0.849. The SMILES string of the molecule is O=C(c1cc(N2CCOCC2)ccn1)N1CCc2ccc(F)cc21. The molecule has 6 heteroatoms. The van der Waals surface area contributed by atoms with Crippen molar-refractivity contribution < 1.29 is 13.9 Å². The molecule has 1 saturated heterocycles. The Morgan fingerprint density at radius 3 is 2.79 bits per heavy atom. The van der Waals surface area contributed by atoms with Crippen LogP contribution in [0.15, 0.2) is 36.5 Å². The Hall–Kier alpha value is -2.47. The summed E-state index contributed by atoms with van der Waals surface area (Å²) < 4.78 is 18.9. The number of ether oxygens (including phenoxy) is 1. The average molecular weight is 327 g/mol. The van der Waals surface area contributed by atoms with E-state index < -0.39 is 0 Å². The normalized spacial score (nSPS) is 17.0. The molecule has 1 aromatic heterocycles. The Bertz CT molecular complexity index is 775. The van der Waals surface area contributed by atoms with Crippen LogP contribution < -0.4 is 9.80 Å². The number of benzene rings is 1. The van der Waals surface area contributed by atoms with E-state index in [1.165, 1.54) is 12.1 Å². The minimum Gasteiger partial charge on any atom is -0.378 e. The number of aromatic nitrogens is 1. The molecule has 0 radical (unpaired) electrons. The molecule has 3 heterocycles. The third-order valence-corrected chi connectivity index (χ3v) is 4.53. The molecule has 0 bridgehead atoms. The van der Waals surface area contributed by atoms with E-state index in [2.05, 4.69) is 9.88 Å². The highest BCUT2D eigenvalue weighted by atomic mass is 19.1. The Balaban J connectivity index is 1.61. The van der Waals surface area contributed by atoms with E-state index >= 15 is 0 Å². The number of morpholine rings is 1. The first-order valence-corrected chi connectivity index (χ1v) is 8.11. The number of hydrogen-bond acceptors (Lipinski definition) is 4. The zero-order valence-electron chi connectivity index (χ0n) is 13.2. The summed E-state index contributed by atoms with van der Waals surface area (Å²) in [4.78, 5) is 20.9. The third kappa shape index (κ3) is 2.73. The number of carbonyl (C=O) groups excluding carboxylic acids is 1. The first-order chi connectivity index (χ1) is 11.7. The van der Waals surface area contributed by atoms with Crippen molar-refractivity contribution in [3.63, 3.8) is 0 Å². The lowest BCUT2D eigenvalue weighted by atomic mass is 10.1. The van der Waals surface area contributed by atoms with Gasteiger partial charge in [-0.1, -0.05) is 6.07 Å². The summed E-state index contributed by atoms with van der Waals surface area (Å²) in [7, 11) is 0. The summed E-state index contributed by atoms with van der Waals surface area (Å²) in [5.41, 5.74) is 3.00. The summed E-state index contributed by atoms with van der Waals surface area (Å²) in [6.45, 7) is 3.53. The number of nitrogens with zero attached hydrogens (tertiary/aromatic N) is 3. The van der Waals surface area contributed by atoms with E-state index in [4.69, 9.17) is 4.74 Å². The fourth-order valence-corrected chi connectivity index (χ4v) is 3.26. The van der Waals surface area contributed by atoms with Crippen molar-refractivity contribution in [3.05, 3.63) is 53.6 Å². The van der Waals surface area contributed by atoms with Crippen molar-refractivity contribution in [3.8, 4) is 0 Å². The van der Waals surface area contributed by atoms with Crippen LogP contribution in [-0.4, -0.2) is 43.7 Å². The van der Waals surface area contributed by atoms with Gasteiger partial charge in [0, 0.05) is 31.5 Å². The Morgan fingerprint density at radius 1 is 1.12 bits per heavy atom. The minimum absolute atomic E-state index is 0.186. The van der Waals surface area contributed by atoms with E-state index in [0.717, 1.165) is 30.8 Å². The molecular formula is C18H18FN3O2.